The number of thiol groups is 1. The van der Waals surface area contributed by atoms with E-state index in [-0.39, 0.29) is 109 Å². The summed E-state index contributed by atoms with van der Waals surface area (Å²) in [7, 11) is 9.56. The van der Waals surface area contributed by atoms with Crippen LogP contribution >= 0.6 is 34.2 Å². The van der Waals surface area contributed by atoms with Gasteiger partial charge < -0.3 is 77.6 Å². The van der Waals surface area contributed by atoms with Crippen molar-refractivity contribution in [2.24, 2.45) is 20.0 Å². The van der Waals surface area contributed by atoms with E-state index in [1.54, 1.807) is 94.4 Å². The average molecular weight is 1720 g/mol. The quantitative estimate of drug-likeness (QED) is 0.0153. The number of carbonyl (C=O) groups is 6. The molecule has 644 valence electrons. The lowest BCUT2D eigenvalue weighted by atomic mass is 10.1. The van der Waals surface area contributed by atoms with Crippen LogP contribution < -0.4 is 58.0 Å². The zero-order chi connectivity index (χ0) is 86.5. The Kier molecular flexibility index (Phi) is 28.8. The molecule has 31 heteroatoms. The number of rotatable bonds is 32. The molecular formula is C91H106N12O16S3. The molecule has 6 aromatic rings. The smallest absolute Gasteiger partial charge is 0.257 e. The Labute approximate surface area is 725 Å². The lowest BCUT2D eigenvalue weighted by Crippen LogP contribution is -2.35. The van der Waals surface area contributed by atoms with Gasteiger partial charge in [0.15, 0.2) is 46.0 Å². The summed E-state index contributed by atoms with van der Waals surface area (Å²) in [6.07, 6.45) is 22.7. The molecule has 0 radical (unpaired) electrons. The molecule has 0 spiro atoms. The van der Waals surface area contributed by atoms with Crippen molar-refractivity contribution < 1.29 is 76.1 Å². The van der Waals surface area contributed by atoms with E-state index in [0.29, 0.717) is 184 Å². The maximum Gasteiger partial charge on any atom is 0.257 e. The average Bonchev–Trinajstić information content (AvgIpc) is 1.63. The van der Waals surface area contributed by atoms with Crippen LogP contribution in [0, 0.1) is 0 Å². The molecule has 0 saturated carbocycles. The molecule has 8 aliphatic heterocycles. The van der Waals surface area contributed by atoms with Gasteiger partial charge in [-0.3, -0.25) is 58.7 Å². The van der Waals surface area contributed by atoms with Crippen molar-refractivity contribution in [3.05, 3.63) is 164 Å². The highest BCUT2D eigenvalue weighted by molar-refractivity contribution is 8.76. The number of methoxy groups -OCH3 is 4. The van der Waals surface area contributed by atoms with E-state index >= 15 is 0 Å². The second-order valence-electron chi connectivity index (χ2n) is 31.7. The first-order chi connectivity index (χ1) is 58.8. The van der Waals surface area contributed by atoms with Crippen LogP contribution in [0.2, 0.25) is 0 Å². The van der Waals surface area contributed by atoms with E-state index < -0.39 is 0 Å². The number of amides is 6. The Balaban J connectivity index is 0.000000210. The lowest BCUT2D eigenvalue weighted by molar-refractivity contribution is -0.122. The Morgan fingerprint density at radius 1 is 0.426 bits per heavy atom. The minimum absolute atomic E-state index is 0.0108. The minimum Gasteiger partial charge on any atom is -0.493 e. The highest BCUT2D eigenvalue weighted by Crippen LogP contribution is 2.45. The number of fused-ring (bicyclic) bond motifs is 8. The number of ether oxygens (including phenoxy) is 10. The van der Waals surface area contributed by atoms with Crippen molar-refractivity contribution in [1.82, 2.24) is 40.2 Å². The molecule has 4 aromatic carbocycles. The van der Waals surface area contributed by atoms with Crippen LogP contribution in [-0.4, -0.2) is 211 Å². The molecule has 4 fully saturated rings. The van der Waals surface area contributed by atoms with Crippen LogP contribution in [0.1, 0.15) is 171 Å². The molecule has 0 aliphatic carbocycles. The summed E-state index contributed by atoms with van der Waals surface area (Å²) in [4.78, 5) is 115. The number of aromatic nitrogens is 2. The molecule has 28 nitrogen and oxygen atoms in total. The van der Waals surface area contributed by atoms with E-state index in [1.807, 2.05) is 92.3 Å². The first-order valence-electron chi connectivity index (χ1n) is 40.9. The van der Waals surface area contributed by atoms with Gasteiger partial charge in [-0.2, -0.15) is 12.6 Å². The fourth-order valence-electron chi connectivity index (χ4n) is 15.4. The van der Waals surface area contributed by atoms with Gasteiger partial charge in [0.2, 0.25) is 11.8 Å². The summed E-state index contributed by atoms with van der Waals surface area (Å²) in [5.41, 5.74) is 10.6. The molecule has 10 heterocycles. The Morgan fingerprint density at radius 2 is 0.705 bits per heavy atom. The summed E-state index contributed by atoms with van der Waals surface area (Å²) < 4.78 is 60.1. The van der Waals surface area contributed by atoms with Crippen LogP contribution in [0.4, 0.5) is 22.7 Å². The maximum absolute atomic E-state index is 13.7. The number of hydrogen-bond acceptors (Lipinski definition) is 25. The van der Waals surface area contributed by atoms with Gasteiger partial charge in [0.25, 0.3) is 23.6 Å². The van der Waals surface area contributed by atoms with Crippen molar-refractivity contribution >= 4 is 117 Å². The SMILES string of the molecule is C/C=C1\C[C@H]2C=Nc3cc(OCc4cc(OCCNC(=O)CCC(C)(C)S)cc(COc5cc6c(cc5OC)C(=O)N5C/C(=C/C)C[C@H]5C=N6)n4)c(OC)cc3C(=O)N2C1.C/C=C1\C[C@H]2C=Nc3cc(OCc4cc(OCCNC(=O)CCC(C)(C)SSC)cc(COc5cc6c(cc5OC)C(=O)N5C/C(=C/C)C[C@H]5C=N6)n4)c(OC)cc3C(=O)N2C1. The molecular weight excluding hydrogens is 1610 g/mol. The highest BCUT2D eigenvalue weighted by Gasteiger charge is 2.40. The van der Waals surface area contributed by atoms with Gasteiger partial charge in [0.1, 0.15) is 51.1 Å². The van der Waals surface area contributed by atoms with Crippen LogP contribution in [0.15, 0.2) is 139 Å². The van der Waals surface area contributed by atoms with Crippen LogP contribution in [0.25, 0.3) is 0 Å². The first-order valence-corrected chi connectivity index (χ1v) is 43.9. The number of nitrogens with one attached hydrogen (secondary N) is 2. The predicted molar refractivity (Wildman–Crippen MR) is 477 cm³/mol. The van der Waals surface area contributed by atoms with Crippen LogP contribution in [0.3, 0.4) is 0 Å². The van der Waals surface area contributed by atoms with Gasteiger partial charge in [-0.15, -0.1) is 0 Å². The van der Waals surface area contributed by atoms with E-state index in [9.17, 15) is 28.8 Å². The van der Waals surface area contributed by atoms with E-state index in [0.717, 1.165) is 32.1 Å². The summed E-state index contributed by atoms with van der Waals surface area (Å²) >= 11 is 4.51. The van der Waals surface area contributed by atoms with Crippen LogP contribution in [0.5, 0.6) is 57.5 Å². The van der Waals surface area contributed by atoms with Crippen molar-refractivity contribution in [2.75, 3.05) is 87.2 Å². The number of nitrogens with zero attached hydrogens (tertiary/aromatic N) is 10. The van der Waals surface area contributed by atoms with Crippen molar-refractivity contribution in [3.8, 4) is 57.5 Å². The van der Waals surface area contributed by atoms with E-state index in [1.165, 1.54) is 50.7 Å². The molecule has 0 unspecified atom stereocenters. The molecule has 2 aromatic heterocycles. The standard InChI is InChI=1S/C46H54N6O8S2.C45H52N6O8S/c1-8-28-14-32-22-48-37-20-41(39(56-5)18-35(37)44(54)51(32)24-28)59-26-30-16-34(58-13-12-47-43(53)10-11-46(3,4)62-61-7)17-31(50-30)27-60-42-21-38-36(19-40(42)57-6)45(55)52-25-29(9-2)15-33(52)23-49-38;1-7-27-13-31-21-47-36-19-40(38(55-5)17-34(36)43(53)50(31)23-27)58-25-29-15-33(57-12-11-46-42(52)9-10-45(3,4)60)16-30(49-29)26-59-41-20-37-35(18-39(41)56-6)44(54)51-24-28(8-2)14-32(51)22-48-37/h8-9,16-23,32-33H,10-15,24-27H2,1-7H3,(H,47,53);7-8,15-22,31-32,60H,9-14,23-26H2,1-6H3,(H,46,52)/b28-8+,29-9+;27-7+,28-8+/t32-,33-;31-,32-/m00/s1. The molecule has 4 saturated heterocycles. The third kappa shape index (κ3) is 21.4. The van der Waals surface area contributed by atoms with Crippen molar-refractivity contribution in [2.45, 2.75) is 167 Å². The minimum atomic E-state index is -0.246. The number of pyridine rings is 2. The second-order valence-corrected chi connectivity index (χ2v) is 36.1. The zero-order valence-electron chi connectivity index (χ0n) is 71.3. The second kappa shape index (κ2) is 39.7. The van der Waals surface area contributed by atoms with E-state index in [4.69, 9.17) is 77.3 Å². The summed E-state index contributed by atoms with van der Waals surface area (Å²) in [6, 6.07) is 20.2. The fraction of sp³-hybridized carbons (Fsp3) is 0.429. The maximum atomic E-state index is 13.7. The highest BCUT2D eigenvalue weighted by atomic mass is 33.1. The topological polar surface area (TPSA) is 307 Å². The third-order valence-corrected chi connectivity index (χ3v) is 25.1. The molecule has 2 N–H and O–H groups in total. The molecule has 0 bridgehead atoms. The van der Waals surface area contributed by atoms with Gasteiger partial charge in [0, 0.05) is 122 Å². The van der Waals surface area contributed by atoms with Crippen molar-refractivity contribution in [1.29, 1.82) is 0 Å². The summed E-state index contributed by atoms with van der Waals surface area (Å²) in [5.74, 6) is 3.55. The Hall–Kier alpha value is -11.3. The van der Waals surface area contributed by atoms with Crippen LogP contribution in [-0.2, 0) is 36.0 Å². The van der Waals surface area contributed by atoms with Gasteiger partial charge in [-0.05, 0) is 111 Å². The Morgan fingerprint density at radius 3 is 0.959 bits per heavy atom. The van der Waals surface area contributed by atoms with Gasteiger partial charge >= 0.3 is 0 Å². The third-order valence-electron chi connectivity index (χ3n) is 22.2. The van der Waals surface area contributed by atoms with Gasteiger partial charge in [0.05, 0.1) is 133 Å². The lowest BCUT2D eigenvalue weighted by Gasteiger charge is -2.21. The van der Waals surface area contributed by atoms with Crippen molar-refractivity contribution in [3.63, 3.8) is 0 Å². The van der Waals surface area contributed by atoms with Gasteiger partial charge in [-0.1, -0.05) is 82.0 Å². The number of carbonyl (C=O) groups excluding carboxylic acids is 6. The number of aliphatic imine (C=N–C) groups is 4. The first kappa shape index (κ1) is 88.5. The summed E-state index contributed by atoms with van der Waals surface area (Å²) in [6.45, 7) is 19.5. The fourth-order valence-corrected chi connectivity index (χ4v) is 17.7. The molecule has 4 atom stereocenters. The van der Waals surface area contributed by atoms with E-state index in [2.05, 4.69) is 61.4 Å². The molecule has 14 rings (SSSR count). The molecule has 6 amide bonds. The largest absolute Gasteiger partial charge is 0.493 e. The number of hydrogen-bond donors (Lipinski definition) is 3. The number of benzene rings is 4. The normalized spacial score (nSPS) is 19.3. The van der Waals surface area contributed by atoms with Gasteiger partial charge in [-0.25, -0.2) is 0 Å². The molecule has 122 heavy (non-hydrogen) atoms. The monoisotopic (exact) mass is 1720 g/mol. The Bertz CT molecular complexity index is 4980. The zero-order valence-corrected chi connectivity index (χ0v) is 73.8. The predicted octanol–water partition coefficient (Wildman–Crippen LogP) is 15.1. The summed E-state index contributed by atoms with van der Waals surface area (Å²) in [5, 5.41) is 5.86. The molecule has 8 aliphatic rings. The number of allylic oxidation sites excluding steroid dienone is 4.